The molecule has 0 spiro atoms. The second-order valence-electron chi connectivity index (χ2n) is 2.66. The molecule has 75 valence electrons. The van der Waals surface area contributed by atoms with E-state index in [1.54, 1.807) is 0 Å². The lowest BCUT2D eigenvalue weighted by atomic mass is 10.2. The molecule has 1 heterocycles. The number of hydrogen-bond acceptors (Lipinski definition) is 3. The summed E-state index contributed by atoms with van der Waals surface area (Å²) in [7, 11) is -4.56. The lowest BCUT2D eigenvalue weighted by Crippen LogP contribution is -2.01. The van der Waals surface area contributed by atoms with Gasteiger partial charge in [-0.3, -0.25) is 9.55 Å². The van der Waals surface area contributed by atoms with E-state index in [2.05, 4.69) is 4.98 Å². The zero-order chi connectivity index (χ0) is 10.8. The number of pyridine rings is 1. The molecule has 14 heavy (non-hydrogen) atoms. The summed E-state index contributed by atoms with van der Waals surface area (Å²) in [6.45, 7) is 5.10. The number of aliphatic hydroxyl groups excluding tert-OH is 1. The standard InChI is InChI=1S/C8H9NO4P/c1-6(14(11,12)13)8(10)7-3-2-4-9-5-7/h1-5,8,10H,(H2,11,12,13). The van der Waals surface area contributed by atoms with E-state index in [9.17, 15) is 9.67 Å². The molecule has 0 aliphatic heterocycles. The van der Waals surface area contributed by atoms with Crippen molar-refractivity contribution >= 4 is 7.60 Å². The van der Waals surface area contributed by atoms with Crippen molar-refractivity contribution in [1.82, 2.24) is 4.98 Å². The van der Waals surface area contributed by atoms with Crippen molar-refractivity contribution in [3.63, 3.8) is 0 Å². The molecule has 0 aromatic carbocycles. The predicted molar refractivity (Wildman–Crippen MR) is 49.1 cm³/mol. The van der Waals surface area contributed by atoms with Crippen LogP contribution in [0.2, 0.25) is 0 Å². The smallest absolute Gasteiger partial charge is 0.355 e. The summed E-state index contributed by atoms with van der Waals surface area (Å²) >= 11 is 0. The molecular formula is C8H9NO4P. The lowest BCUT2D eigenvalue weighted by Gasteiger charge is -2.13. The summed E-state index contributed by atoms with van der Waals surface area (Å²) in [5.74, 6) is 0. The molecular weight excluding hydrogens is 205 g/mol. The monoisotopic (exact) mass is 214 g/mol. The van der Waals surface area contributed by atoms with Crippen molar-refractivity contribution in [1.29, 1.82) is 0 Å². The molecule has 6 heteroatoms. The summed E-state index contributed by atoms with van der Waals surface area (Å²) < 4.78 is 10.7. The van der Waals surface area contributed by atoms with Crippen LogP contribution < -0.4 is 0 Å². The van der Waals surface area contributed by atoms with E-state index in [1.807, 2.05) is 0 Å². The minimum Gasteiger partial charge on any atom is -0.383 e. The van der Waals surface area contributed by atoms with E-state index in [4.69, 9.17) is 16.4 Å². The number of aliphatic hydroxyl groups is 1. The van der Waals surface area contributed by atoms with Crippen molar-refractivity contribution in [2.24, 2.45) is 0 Å². The van der Waals surface area contributed by atoms with Crippen LogP contribution in [-0.4, -0.2) is 19.9 Å². The summed E-state index contributed by atoms with van der Waals surface area (Å²) in [6, 6.07) is 3.01. The van der Waals surface area contributed by atoms with Crippen molar-refractivity contribution in [3.05, 3.63) is 42.0 Å². The lowest BCUT2D eigenvalue weighted by molar-refractivity contribution is 0.216. The molecule has 1 atom stereocenters. The number of aromatic nitrogens is 1. The van der Waals surface area contributed by atoms with Gasteiger partial charge in [-0.15, -0.1) is 0 Å². The first-order chi connectivity index (χ1) is 6.43. The molecule has 1 radical (unpaired) electrons. The van der Waals surface area contributed by atoms with E-state index < -0.39 is 19.0 Å². The molecule has 0 aliphatic carbocycles. The molecule has 1 unspecified atom stereocenters. The Balaban J connectivity index is 2.93. The van der Waals surface area contributed by atoms with Gasteiger partial charge in [-0.1, -0.05) is 6.07 Å². The maximum absolute atomic E-state index is 10.7. The van der Waals surface area contributed by atoms with Gasteiger partial charge in [-0.25, -0.2) is 0 Å². The van der Waals surface area contributed by atoms with Crippen LogP contribution in [0.5, 0.6) is 0 Å². The van der Waals surface area contributed by atoms with Crippen LogP contribution in [0.3, 0.4) is 0 Å². The quantitative estimate of drug-likeness (QED) is 0.641. The van der Waals surface area contributed by atoms with E-state index in [1.165, 1.54) is 24.5 Å². The largest absolute Gasteiger partial charge is 0.383 e. The highest BCUT2D eigenvalue weighted by Gasteiger charge is 2.26. The average molecular weight is 214 g/mol. The van der Waals surface area contributed by atoms with Gasteiger partial charge in [0.15, 0.2) is 0 Å². The van der Waals surface area contributed by atoms with Crippen LogP contribution >= 0.6 is 7.60 Å². The van der Waals surface area contributed by atoms with Crippen LogP contribution in [0.25, 0.3) is 0 Å². The highest BCUT2D eigenvalue weighted by molar-refractivity contribution is 7.56. The summed E-state index contributed by atoms with van der Waals surface area (Å²) in [5, 5.41) is 8.66. The minimum absolute atomic E-state index is 0.244. The first-order valence-electron chi connectivity index (χ1n) is 3.69. The van der Waals surface area contributed by atoms with Crippen LogP contribution in [0.1, 0.15) is 11.7 Å². The fourth-order valence-electron chi connectivity index (χ4n) is 0.868. The second kappa shape index (κ2) is 4.02. The Bertz CT molecular complexity index is 372. The molecule has 0 fully saturated rings. The van der Waals surface area contributed by atoms with Gasteiger partial charge in [0.05, 0.1) is 5.31 Å². The number of rotatable bonds is 3. The molecule has 0 aliphatic rings. The Morgan fingerprint density at radius 1 is 1.57 bits per heavy atom. The summed E-state index contributed by atoms with van der Waals surface area (Å²) in [5.41, 5.74) is 0.244. The van der Waals surface area contributed by atoms with E-state index in [0.717, 1.165) is 0 Å². The Morgan fingerprint density at radius 2 is 2.21 bits per heavy atom. The molecule has 1 aromatic rings. The molecule has 5 nitrogen and oxygen atoms in total. The Morgan fingerprint density at radius 3 is 2.64 bits per heavy atom. The second-order valence-corrected chi connectivity index (χ2v) is 4.26. The van der Waals surface area contributed by atoms with Crippen molar-refractivity contribution in [2.45, 2.75) is 6.10 Å². The number of hydrogen-bond donors (Lipinski definition) is 3. The maximum Gasteiger partial charge on any atom is 0.355 e. The third-order valence-corrected chi connectivity index (χ3v) is 2.53. The Kier molecular flexibility index (Phi) is 3.18. The van der Waals surface area contributed by atoms with Crippen LogP contribution in [-0.2, 0) is 4.57 Å². The zero-order valence-electron chi connectivity index (χ0n) is 7.11. The molecule has 3 N–H and O–H groups in total. The fourth-order valence-corrected chi connectivity index (χ4v) is 1.34. The highest BCUT2D eigenvalue weighted by Crippen LogP contribution is 2.49. The highest BCUT2D eigenvalue weighted by atomic mass is 31.2. The zero-order valence-corrected chi connectivity index (χ0v) is 8.00. The van der Waals surface area contributed by atoms with Crippen molar-refractivity contribution in [2.75, 3.05) is 0 Å². The summed E-state index contributed by atoms with van der Waals surface area (Å²) in [6.07, 6.45) is 1.27. The van der Waals surface area contributed by atoms with E-state index in [-0.39, 0.29) is 5.56 Å². The minimum atomic E-state index is -4.56. The third-order valence-electron chi connectivity index (χ3n) is 1.62. The average Bonchev–Trinajstić information content (AvgIpc) is 2.15. The first-order valence-corrected chi connectivity index (χ1v) is 5.30. The van der Waals surface area contributed by atoms with Crippen LogP contribution in [0.15, 0.2) is 29.8 Å². The Hall–Kier alpha value is -1.00. The molecule has 0 saturated heterocycles. The van der Waals surface area contributed by atoms with Crippen molar-refractivity contribution in [3.8, 4) is 0 Å². The number of nitrogens with zero attached hydrogens (tertiary/aromatic N) is 1. The SMILES string of the molecule is [CH]=C(C(O)c1cccnc1)P(=O)(O)O. The van der Waals surface area contributed by atoms with Crippen LogP contribution in [0, 0.1) is 6.58 Å². The topological polar surface area (TPSA) is 90.7 Å². The van der Waals surface area contributed by atoms with Gasteiger partial charge in [0.25, 0.3) is 0 Å². The molecule has 1 aromatic heterocycles. The fraction of sp³-hybridized carbons (Fsp3) is 0.125. The maximum atomic E-state index is 10.7. The van der Waals surface area contributed by atoms with E-state index in [0.29, 0.717) is 0 Å². The molecule has 0 saturated carbocycles. The van der Waals surface area contributed by atoms with E-state index >= 15 is 0 Å². The van der Waals surface area contributed by atoms with Gasteiger partial charge in [0.1, 0.15) is 6.10 Å². The van der Waals surface area contributed by atoms with Crippen LogP contribution in [0.4, 0.5) is 0 Å². The predicted octanol–water partition coefficient (Wildman–Crippen LogP) is 0.610. The molecule has 1 rings (SSSR count). The molecule has 0 amide bonds. The third kappa shape index (κ3) is 2.49. The Labute approximate surface area is 80.9 Å². The van der Waals surface area contributed by atoms with Crippen molar-refractivity contribution < 1.29 is 19.5 Å². The molecule has 0 bridgehead atoms. The van der Waals surface area contributed by atoms with Gasteiger partial charge >= 0.3 is 7.60 Å². The normalized spacial score (nSPS) is 13.6. The van der Waals surface area contributed by atoms with Gasteiger partial charge < -0.3 is 14.9 Å². The van der Waals surface area contributed by atoms with Gasteiger partial charge in [-0.2, -0.15) is 0 Å². The van der Waals surface area contributed by atoms with Gasteiger partial charge in [-0.05, 0) is 12.6 Å². The first kappa shape index (κ1) is 11.1. The summed E-state index contributed by atoms with van der Waals surface area (Å²) in [4.78, 5) is 21.1. The van der Waals surface area contributed by atoms with Gasteiger partial charge in [0, 0.05) is 18.0 Å². The van der Waals surface area contributed by atoms with Gasteiger partial charge in [0.2, 0.25) is 0 Å².